The van der Waals surface area contributed by atoms with Crippen LogP contribution in [0.2, 0.25) is 5.02 Å². The molecule has 0 N–H and O–H groups in total. The van der Waals surface area contributed by atoms with Crippen LogP contribution in [0, 0.1) is 29.5 Å². The summed E-state index contributed by atoms with van der Waals surface area (Å²) in [6.45, 7) is 2.30. The molecule has 1 aromatic rings. The number of hydrogen-bond donors (Lipinski definition) is 0. The molecule has 0 spiro atoms. The summed E-state index contributed by atoms with van der Waals surface area (Å²) >= 11 is 6.18. The van der Waals surface area contributed by atoms with Crippen LogP contribution in [-0.4, -0.2) is 7.11 Å². The Labute approximate surface area is 206 Å². The lowest BCUT2D eigenvalue weighted by Gasteiger charge is -2.39. The van der Waals surface area contributed by atoms with Gasteiger partial charge < -0.3 is 4.74 Å². The lowest BCUT2D eigenvalue weighted by atomic mass is 9.66. The predicted octanol–water partition coefficient (Wildman–Crippen LogP) is 9.87. The van der Waals surface area contributed by atoms with Gasteiger partial charge in [0.05, 0.1) is 7.11 Å². The molecule has 4 rings (SSSR count). The second-order valence-electron chi connectivity index (χ2n) is 11.1. The van der Waals surface area contributed by atoms with Crippen molar-refractivity contribution in [3.05, 3.63) is 40.2 Å². The van der Waals surface area contributed by atoms with Gasteiger partial charge >= 0.3 is 0 Å². The fraction of sp³-hybridized carbons (Fsp3) is 0.733. The minimum Gasteiger partial charge on any atom is -0.495 e. The Morgan fingerprint density at radius 2 is 1.58 bits per heavy atom. The summed E-state index contributed by atoms with van der Waals surface area (Å²) in [6.07, 6.45) is 22.7. The van der Waals surface area contributed by atoms with Crippen molar-refractivity contribution in [3.8, 4) is 5.75 Å². The number of unbranched alkanes of at least 4 members (excludes halogenated alkanes) is 2. The maximum Gasteiger partial charge on any atom is 0.149 e. The maximum atomic E-state index is 14.8. The molecule has 1 unspecified atom stereocenters. The van der Waals surface area contributed by atoms with Crippen molar-refractivity contribution >= 4 is 11.6 Å². The van der Waals surface area contributed by atoms with Gasteiger partial charge in [0.25, 0.3) is 0 Å². The van der Waals surface area contributed by atoms with E-state index in [0.29, 0.717) is 11.7 Å². The average Bonchev–Trinajstić information content (AvgIpc) is 2.87. The van der Waals surface area contributed by atoms with E-state index in [4.69, 9.17) is 16.3 Å². The SMILES string of the molecule is CCCCCC1CC=C(C2CCC(C3CCC(c4ccc(OC)c(Cl)c4F)CC3)CC2)CC1. The number of hydrogen-bond acceptors (Lipinski definition) is 1. The van der Waals surface area contributed by atoms with Gasteiger partial charge in [-0.25, -0.2) is 4.39 Å². The molecule has 0 radical (unpaired) electrons. The fourth-order valence-corrected chi connectivity index (χ4v) is 7.36. The molecule has 0 aromatic heterocycles. The highest BCUT2D eigenvalue weighted by Crippen LogP contribution is 2.47. The Morgan fingerprint density at radius 3 is 2.15 bits per heavy atom. The zero-order valence-corrected chi connectivity index (χ0v) is 21.6. The fourth-order valence-electron chi connectivity index (χ4n) is 7.11. The molecule has 3 aliphatic carbocycles. The van der Waals surface area contributed by atoms with Crippen molar-refractivity contribution in [1.29, 1.82) is 0 Å². The van der Waals surface area contributed by atoms with E-state index in [-0.39, 0.29) is 10.8 Å². The molecular formula is C30H44ClFO. The van der Waals surface area contributed by atoms with Crippen molar-refractivity contribution in [2.24, 2.45) is 23.7 Å². The standard InChI is InChI=1S/C30H44ClFO/c1-3-4-5-6-21-7-9-22(10-8-21)23-11-13-24(14-12-23)25-15-17-26(18-16-25)27-19-20-28(33-2)29(31)30(27)32/h9,19-21,23-26H,3-8,10-18H2,1-2H3. The van der Waals surface area contributed by atoms with Gasteiger partial charge in [-0.3, -0.25) is 0 Å². The van der Waals surface area contributed by atoms with Crippen LogP contribution >= 0.6 is 11.6 Å². The normalized spacial score (nSPS) is 30.7. The van der Waals surface area contributed by atoms with Crippen LogP contribution in [0.15, 0.2) is 23.8 Å². The van der Waals surface area contributed by atoms with Crippen molar-refractivity contribution in [2.45, 2.75) is 109 Å². The zero-order valence-electron chi connectivity index (χ0n) is 20.9. The minimum atomic E-state index is -0.270. The molecule has 0 aliphatic heterocycles. The molecule has 2 fully saturated rings. The van der Waals surface area contributed by atoms with E-state index in [1.807, 2.05) is 12.1 Å². The summed E-state index contributed by atoms with van der Waals surface area (Å²) in [7, 11) is 1.54. The molecule has 1 aromatic carbocycles. The van der Waals surface area contributed by atoms with Crippen molar-refractivity contribution < 1.29 is 9.13 Å². The van der Waals surface area contributed by atoms with Crippen LogP contribution in [0.3, 0.4) is 0 Å². The summed E-state index contributed by atoms with van der Waals surface area (Å²) in [5, 5.41) is 0.139. The second kappa shape index (κ2) is 12.1. The number of halogens is 2. The summed E-state index contributed by atoms with van der Waals surface area (Å²) in [6, 6.07) is 3.71. The Bertz CT molecular complexity index is 787. The Kier molecular flexibility index (Phi) is 9.19. The van der Waals surface area contributed by atoms with Crippen molar-refractivity contribution in [2.75, 3.05) is 7.11 Å². The monoisotopic (exact) mass is 474 g/mol. The molecule has 0 heterocycles. The molecule has 0 amide bonds. The Balaban J connectivity index is 1.22. The molecular weight excluding hydrogens is 431 g/mol. The maximum absolute atomic E-state index is 14.8. The molecule has 3 heteroatoms. The van der Waals surface area contributed by atoms with E-state index in [2.05, 4.69) is 13.0 Å². The van der Waals surface area contributed by atoms with E-state index in [1.54, 1.807) is 5.57 Å². The number of rotatable bonds is 8. The van der Waals surface area contributed by atoms with Gasteiger partial charge in [0, 0.05) is 0 Å². The first-order chi connectivity index (χ1) is 16.1. The Morgan fingerprint density at radius 1 is 0.909 bits per heavy atom. The summed E-state index contributed by atoms with van der Waals surface area (Å²) in [5.41, 5.74) is 2.59. The highest BCUT2D eigenvalue weighted by atomic mass is 35.5. The molecule has 0 saturated heterocycles. The topological polar surface area (TPSA) is 9.23 Å². The number of ether oxygens (including phenoxy) is 1. The molecule has 1 atom stereocenters. The van der Waals surface area contributed by atoms with E-state index < -0.39 is 0 Å². The lowest BCUT2D eigenvalue weighted by molar-refractivity contribution is 0.166. The molecule has 0 bridgehead atoms. The molecule has 1 nitrogen and oxygen atoms in total. The van der Waals surface area contributed by atoms with Crippen LogP contribution in [-0.2, 0) is 0 Å². The number of methoxy groups -OCH3 is 1. The summed E-state index contributed by atoms with van der Waals surface area (Å²) in [4.78, 5) is 0. The van der Waals surface area contributed by atoms with Crippen molar-refractivity contribution in [1.82, 2.24) is 0 Å². The third-order valence-electron chi connectivity index (χ3n) is 9.24. The molecule has 2 saturated carbocycles. The lowest BCUT2D eigenvalue weighted by Crippen LogP contribution is -2.26. The zero-order chi connectivity index (χ0) is 23.2. The van der Waals surface area contributed by atoms with Gasteiger partial charge in [-0.05, 0) is 112 Å². The highest BCUT2D eigenvalue weighted by Gasteiger charge is 2.33. The Hall–Kier alpha value is -1.02. The van der Waals surface area contributed by atoms with Gasteiger partial charge in [-0.1, -0.05) is 61.9 Å². The van der Waals surface area contributed by atoms with Crippen molar-refractivity contribution in [3.63, 3.8) is 0 Å². The molecule has 184 valence electrons. The van der Waals surface area contributed by atoms with E-state index in [1.165, 1.54) is 90.6 Å². The number of benzene rings is 1. The summed E-state index contributed by atoms with van der Waals surface area (Å²) in [5.74, 6) is 4.01. The highest BCUT2D eigenvalue weighted by molar-refractivity contribution is 6.32. The summed E-state index contributed by atoms with van der Waals surface area (Å²) < 4.78 is 20.0. The molecule has 3 aliphatic rings. The van der Waals surface area contributed by atoms with E-state index >= 15 is 0 Å². The number of allylic oxidation sites excluding steroid dienone is 2. The first kappa shape index (κ1) is 25.1. The van der Waals surface area contributed by atoms with E-state index in [9.17, 15) is 4.39 Å². The van der Waals surface area contributed by atoms with Crippen LogP contribution in [0.5, 0.6) is 5.75 Å². The van der Waals surface area contributed by atoms with Crippen LogP contribution in [0.4, 0.5) is 4.39 Å². The third kappa shape index (κ3) is 6.16. The van der Waals surface area contributed by atoms with Crippen LogP contribution < -0.4 is 4.74 Å². The van der Waals surface area contributed by atoms with Gasteiger partial charge in [0.2, 0.25) is 0 Å². The van der Waals surface area contributed by atoms with E-state index in [0.717, 1.165) is 42.1 Å². The van der Waals surface area contributed by atoms with Crippen LogP contribution in [0.25, 0.3) is 0 Å². The largest absolute Gasteiger partial charge is 0.495 e. The van der Waals surface area contributed by atoms with Gasteiger partial charge in [0.15, 0.2) is 0 Å². The average molecular weight is 475 g/mol. The van der Waals surface area contributed by atoms with Crippen LogP contribution in [0.1, 0.15) is 115 Å². The second-order valence-corrected chi connectivity index (χ2v) is 11.5. The quantitative estimate of drug-likeness (QED) is 0.269. The van der Waals surface area contributed by atoms with Gasteiger partial charge in [0.1, 0.15) is 16.6 Å². The first-order valence-corrected chi connectivity index (χ1v) is 14.2. The predicted molar refractivity (Wildman–Crippen MR) is 138 cm³/mol. The van der Waals surface area contributed by atoms with Gasteiger partial charge in [-0.15, -0.1) is 0 Å². The third-order valence-corrected chi connectivity index (χ3v) is 9.59. The minimum absolute atomic E-state index is 0.139. The van der Waals surface area contributed by atoms with Gasteiger partial charge in [-0.2, -0.15) is 0 Å². The first-order valence-electron chi connectivity index (χ1n) is 13.8. The molecule has 33 heavy (non-hydrogen) atoms. The smallest absolute Gasteiger partial charge is 0.149 e.